The predicted octanol–water partition coefficient (Wildman–Crippen LogP) is 1.69. The molecule has 1 fully saturated rings. The number of rotatable bonds is 4. The van der Waals surface area contributed by atoms with Crippen LogP contribution in [0.25, 0.3) is 5.69 Å². The van der Waals surface area contributed by atoms with Crippen LogP contribution < -0.4 is 4.90 Å². The average molecular weight is 353 g/mol. The largest absolute Gasteiger partial charge is 0.373 e. The van der Waals surface area contributed by atoms with Gasteiger partial charge in [0, 0.05) is 18.8 Å². The Kier molecular flexibility index (Phi) is 4.42. The van der Waals surface area contributed by atoms with Crippen LogP contribution in [0.15, 0.2) is 30.3 Å². The number of hydrogen-bond acceptors (Lipinski definition) is 6. The molecule has 8 nitrogen and oxygen atoms in total. The van der Waals surface area contributed by atoms with E-state index >= 15 is 0 Å². The molecule has 4 rings (SSSR count). The van der Waals surface area contributed by atoms with Crippen molar-refractivity contribution in [1.29, 1.82) is 0 Å². The molecule has 0 saturated carbocycles. The summed E-state index contributed by atoms with van der Waals surface area (Å²) in [5, 5.41) is 16.8. The molecule has 2 aromatic heterocycles. The van der Waals surface area contributed by atoms with Crippen molar-refractivity contribution in [3.05, 3.63) is 47.3 Å². The smallest absolute Gasteiger partial charge is 0.250 e. The molecule has 0 aliphatic carbocycles. The van der Waals surface area contributed by atoms with Gasteiger partial charge in [-0.2, -0.15) is 9.78 Å². The van der Waals surface area contributed by atoms with Crippen LogP contribution in [0.1, 0.15) is 17.0 Å². The Morgan fingerprint density at radius 3 is 2.69 bits per heavy atom. The highest BCUT2D eigenvalue weighted by molar-refractivity contribution is 5.42. The summed E-state index contributed by atoms with van der Waals surface area (Å²) in [6.45, 7) is 9.00. The van der Waals surface area contributed by atoms with Gasteiger partial charge in [-0.1, -0.05) is 22.8 Å². The molecular formula is C18H23N7O. The average Bonchev–Trinajstić information content (AvgIpc) is 3.23. The number of anilines is 1. The van der Waals surface area contributed by atoms with E-state index in [1.807, 2.05) is 23.7 Å². The molecule has 136 valence electrons. The van der Waals surface area contributed by atoms with Gasteiger partial charge in [-0.05, 0) is 49.4 Å². The Balaban J connectivity index is 1.52. The molecule has 1 aromatic carbocycles. The quantitative estimate of drug-likeness (QED) is 0.711. The Hall–Kier alpha value is -2.74. The normalized spacial score (nSPS) is 17.7. The van der Waals surface area contributed by atoms with Crippen LogP contribution in [-0.4, -0.2) is 55.8 Å². The Morgan fingerprint density at radius 1 is 1.15 bits per heavy atom. The highest BCUT2D eigenvalue weighted by Crippen LogP contribution is 2.19. The van der Waals surface area contributed by atoms with Gasteiger partial charge in [0.1, 0.15) is 0 Å². The second-order valence-electron chi connectivity index (χ2n) is 6.77. The standard InChI is InChI=1S/C18H23N7O/c1-13-4-6-16(7-5-13)25-18(19-21-22-25)23-8-9-26-17(11-23)12-24-15(3)10-14(2)20-24/h4-7,10,17H,8-9,11-12H2,1-3H3. The van der Waals surface area contributed by atoms with Crippen LogP contribution in [0.4, 0.5) is 5.95 Å². The molecule has 1 aliphatic heterocycles. The maximum Gasteiger partial charge on any atom is 0.250 e. The number of aromatic nitrogens is 6. The van der Waals surface area contributed by atoms with E-state index in [1.165, 1.54) is 5.56 Å². The lowest BCUT2D eigenvalue weighted by Gasteiger charge is -2.33. The fraction of sp³-hybridized carbons (Fsp3) is 0.444. The second-order valence-corrected chi connectivity index (χ2v) is 6.77. The lowest BCUT2D eigenvalue weighted by Crippen LogP contribution is -2.45. The Bertz CT molecular complexity index is 883. The molecule has 8 heteroatoms. The molecule has 0 bridgehead atoms. The SMILES string of the molecule is Cc1ccc(-n2nnnc2N2CCOC(Cn3nc(C)cc3C)C2)cc1. The van der Waals surface area contributed by atoms with Gasteiger partial charge in [0.2, 0.25) is 0 Å². The minimum atomic E-state index is 0.0462. The topological polar surface area (TPSA) is 73.9 Å². The maximum absolute atomic E-state index is 5.96. The van der Waals surface area contributed by atoms with E-state index in [4.69, 9.17) is 4.74 Å². The van der Waals surface area contributed by atoms with Gasteiger partial charge in [-0.3, -0.25) is 4.68 Å². The predicted molar refractivity (Wildman–Crippen MR) is 97.5 cm³/mol. The summed E-state index contributed by atoms with van der Waals surface area (Å²) in [5.74, 6) is 0.746. The van der Waals surface area contributed by atoms with Crippen LogP contribution in [0.2, 0.25) is 0 Å². The van der Waals surface area contributed by atoms with E-state index in [2.05, 4.69) is 57.6 Å². The maximum atomic E-state index is 5.96. The molecule has 0 amide bonds. The molecule has 1 aliphatic rings. The van der Waals surface area contributed by atoms with E-state index in [0.717, 1.165) is 42.7 Å². The fourth-order valence-corrected chi connectivity index (χ4v) is 3.30. The van der Waals surface area contributed by atoms with Crippen molar-refractivity contribution in [3.8, 4) is 5.69 Å². The molecule has 3 heterocycles. The van der Waals surface area contributed by atoms with E-state index in [-0.39, 0.29) is 6.10 Å². The number of ether oxygens (including phenoxy) is 1. The van der Waals surface area contributed by atoms with Crippen molar-refractivity contribution in [1.82, 2.24) is 30.0 Å². The van der Waals surface area contributed by atoms with Crippen molar-refractivity contribution < 1.29 is 4.74 Å². The number of hydrogen-bond donors (Lipinski definition) is 0. The van der Waals surface area contributed by atoms with E-state index in [9.17, 15) is 0 Å². The first-order chi connectivity index (χ1) is 12.6. The zero-order valence-corrected chi connectivity index (χ0v) is 15.3. The van der Waals surface area contributed by atoms with Crippen molar-refractivity contribution in [2.24, 2.45) is 0 Å². The molecular weight excluding hydrogens is 330 g/mol. The number of nitrogens with zero attached hydrogens (tertiary/aromatic N) is 7. The molecule has 26 heavy (non-hydrogen) atoms. The summed E-state index contributed by atoms with van der Waals surface area (Å²) >= 11 is 0. The first-order valence-corrected chi connectivity index (χ1v) is 8.83. The van der Waals surface area contributed by atoms with E-state index in [1.54, 1.807) is 4.68 Å². The minimum Gasteiger partial charge on any atom is -0.373 e. The first kappa shape index (κ1) is 16.7. The van der Waals surface area contributed by atoms with Crippen molar-refractivity contribution in [2.75, 3.05) is 24.6 Å². The van der Waals surface area contributed by atoms with Gasteiger partial charge in [0.25, 0.3) is 5.95 Å². The summed E-state index contributed by atoms with van der Waals surface area (Å²) < 4.78 is 9.74. The van der Waals surface area contributed by atoms with Crippen LogP contribution in [0.5, 0.6) is 0 Å². The second kappa shape index (κ2) is 6.87. The first-order valence-electron chi connectivity index (χ1n) is 8.83. The monoisotopic (exact) mass is 353 g/mol. The number of tetrazole rings is 1. The molecule has 0 spiro atoms. The van der Waals surface area contributed by atoms with Crippen molar-refractivity contribution >= 4 is 5.95 Å². The molecule has 1 saturated heterocycles. The highest BCUT2D eigenvalue weighted by atomic mass is 16.5. The molecule has 3 aromatic rings. The van der Waals surface area contributed by atoms with Crippen molar-refractivity contribution in [3.63, 3.8) is 0 Å². The Labute approximate surface area is 152 Å². The number of benzene rings is 1. The van der Waals surface area contributed by atoms with Crippen molar-refractivity contribution in [2.45, 2.75) is 33.4 Å². The summed E-state index contributed by atoms with van der Waals surface area (Å²) in [5.41, 5.74) is 4.34. The van der Waals surface area contributed by atoms with Crippen LogP contribution >= 0.6 is 0 Å². The zero-order chi connectivity index (χ0) is 18.1. The van der Waals surface area contributed by atoms with Crippen LogP contribution in [0, 0.1) is 20.8 Å². The number of morpholine rings is 1. The number of aryl methyl sites for hydroxylation is 3. The summed E-state index contributed by atoms with van der Waals surface area (Å²) in [4.78, 5) is 2.18. The van der Waals surface area contributed by atoms with E-state index in [0.29, 0.717) is 6.61 Å². The zero-order valence-electron chi connectivity index (χ0n) is 15.3. The third-order valence-electron chi connectivity index (χ3n) is 4.63. The fourth-order valence-electron chi connectivity index (χ4n) is 3.30. The van der Waals surface area contributed by atoms with Crippen LogP contribution in [-0.2, 0) is 11.3 Å². The molecule has 1 atom stereocenters. The summed E-state index contributed by atoms with van der Waals surface area (Å²) in [6, 6.07) is 10.3. The summed E-state index contributed by atoms with van der Waals surface area (Å²) in [7, 11) is 0. The molecule has 1 unspecified atom stereocenters. The van der Waals surface area contributed by atoms with E-state index < -0.39 is 0 Å². The lowest BCUT2D eigenvalue weighted by atomic mass is 10.2. The van der Waals surface area contributed by atoms with Gasteiger partial charge < -0.3 is 9.64 Å². The summed E-state index contributed by atoms with van der Waals surface area (Å²) in [6.07, 6.45) is 0.0462. The lowest BCUT2D eigenvalue weighted by molar-refractivity contribution is 0.0263. The van der Waals surface area contributed by atoms with Gasteiger partial charge in [-0.15, -0.1) is 0 Å². The minimum absolute atomic E-state index is 0.0462. The van der Waals surface area contributed by atoms with Gasteiger partial charge in [0.05, 0.1) is 30.6 Å². The van der Waals surface area contributed by atoms with Gasteiger partial charge in [-0.25, -0.2) is 0 Å². The van der Waals surface area contributed by atoms with Gasteiger partial charge >= 0.3 is 0 Å². The highest BCUT2D eigenvalue weighted by Gasteiger charge is 2.26. The third kappa shape index (κ3) is 3.32. The Morgan fingerprint density at radius 2 is 1.96 bits per heavy atom. The van der Waals surface area contributed by atoms with Gasteiger partial charge in [0.15, 0.2) is 0 Å². The molecule has 0 radical (unpaired) electrons. The van der Waals surface area contributed by atoms with Crippen LogP contribution in [0.3, 0.4) is 0 Å². The third-order valence-corrected chi connectivity index (χ3v) is 4.63. The molecule has 0 N–H and O–H groups in total.